The zero-order chi connectivity index (χ0) is 12.1. The van der Waals surface area contributed by atoms with Gasteiger partial charge < -0.3 is 0 Å². The zero-order valence-electron chi connectivity index (χ0n) is 6.59. The van der Waals surface area contributed by atoms with Crippen LogP contribution in [0.3, 0.4) is 0 Å². The summed E-state index contributed by atoms with van der Waals surface area (Å²) in [6, 6.07) is 0.0308. The van der Waals surface area contributed by atoms with Crippen molar-refractivity contribution in [2.24, 2.45) is 0 Å². The number of benzene rings is 1. The van der Waals surface area contributed by atoms with Crippen LogP contribution in [-0.4, -0.2) is 0 Å². The minimum Gasteiger partial charge on any atom is -0.205 e. The van der Waals surface area contributed by atoms with Crippen LogP contribution in [0.1, 0.15) is 0 Å². The molecule has 0 aromatic heterocycles. The predicted octanol–water partition coefficient (Wildman–Crippen LogP) is 5.03. The lowest BCUT2D eigenvalue weighted by molar-refractivity contribution is 0.416. The number of halogens is 8. The topological polar surface area (TPSA) is 0 Å². The van der Waals surface area contributed by atoms with E-state index in [2.05, 4.69) is 10.7 Å². The third-order valence-corrected chi connectivity index (χ3v) is 3.00. The van der Waals surface area contributed by atoms with Crippen molar-refractivity contribution in [3.63, 3.8) is 0 Å². The Morgan fingerprint density at radius 1 is 0.867 bits per heavy atom. The highest BCUT2D eigenvalue weighted by Gasteiger charge is 2.66. The molecule has 1 aromatic carbocycles. The van der Waals surface area contributed by atoms with Crippen LogP contribution in [0.2, 0.25) is 0 Å². The standard InChI is InChI=1S/C6H2ClF7S/c7-15(11,12,13,14)6-4(9)2-1-3(8)5(6)10/h1-2H. The number of hydrogen-bond acceptors (Lipinski definition) is 0. The fourth-order valence-corrected chi connectivity index (χ4v) is 2.16. The Hall–Kier alpha value is -0.630. The highest BCUT2D eigenvalue weighted by Crippen LogP contribution is 3.04. The second kappa shape index (κ2) is 2.54. The molecule has 0 radical (unpaired) electrons. The molecule has 0 saturated carbocycles. The molecule has 0 fully saturated rings. The molecule has 0 unspecified atom stereocenters. The van der Waals surface area contributed by atoms with Gasteiger partial charge in [-0.25, -0.2) is 13.2 Å². The highest BCUT2D eigenvalue weighted by molar-refractivity contribution is 8.65. The normalized spacial score (nSPS) is 17.1. The Morgan fingerprint density at radius 2 is 1.27 bits per heavy atom. The molecule has 0 saturated heterocycles. The maximum atomic E-state index is 12.6. The average molecular weight is 275 g/mol. The summed E-state index contributed by atoms with van der Waals surface area (Å²) in [7, 11) is -5.92. The minimum absolute atomic E-state index is 0.0611. The van der Waals surface area contributed by atoms with E-state index in [0.717, 1.165) is 0 Å². The molecule has 1 aromatic rings. The molecule has 1 rings (SSSR count). The molecular weight excluding hydrogens is 273 g/mol. The molecule has 9 heteroatoms. The summed E-state index contributed by atoms with van der Waals surface area (Å²) < 4.78 is 87.3. The summed E-state index contributed by atoms with van der Waals surface area (Å²) in [4.78, 5) is -3.02. The lowest BCUT2D eigenvalue weighted by atomic mass is 10.3. The lowest BCUT2D eigenvalue weighted by Gasteiger charge is -2.42. The first-order valence-corrected chi connectivity index (χ1v) is 6.08. The van der Waals surface area contributed by atoms with Gasteiger partial charge in [-0.3, -0.25) is 0 Å². The van der Waals surface area contributed by atoms with Crippen LogP contribution in [0, 0.1) is 17.5 Å². The Kier molecular flexibility index (Phi) is 2.11. The van der Waals surface area contributed by atoms with Gasteiger partial charge in [-0.05, 0) is 12.1 Å². The van der Waals surface area contributed by atoms with Gasteiger partial charge in [0, 0.05) is 10.7 Å². The minimum atomic E-state index is -9.58. The maximum Gasteiger partial charge on any atom is 0.259 e. The molecule has 0 aliphatic heterocycles. The van der Waals surface area contributed by atoms with Crippen LogP contribution in [0.15, 0.2) is 17.0 Å². The van der Waals surface area contributed by atoms with E-state index in [0.29, 0.717) is 0 Å². The van der Waals surface area contributed by atoms with Gasteiger partial charge in [-0.2, -0.15) is 0 Å². The van der Waals surface area contributed by atoms with Crippen LogP contribution in [0.25, 0.3) is 0 Å². The Balaban J connectivity index is 3.75. The van der Waals surface area contributed by atoms with Crippen molar-refractivity contribution in [3.05, 3.63) is 29.6 Å². The van der Waals surface area contributed by atoms with Gasteiger partial charge in [0.1, 0.15) is 5.82 Å². The van der Waals surface area contributed by atoms with Crippen molar-refractivity contribution < 1.29 is 28.7 Å². The Morgan fingerprint density at radius 3 is 1.60 bits per heavy atom. The molecule has 0 bridgehead atoms. The Bertz CT molecular complexity index is 422. The van der Waals surface area contributed by atoms with Crippen molar-refractivity contribution in [3.8, 4) is 0 Å². The second-order valence-electron chi connectivity index (χ2n) is 2.64. The average Bonchev–Trinajstić information content (AvgIpc) is 1.91. The molecule has 88 valence electrons. The molecule has 0 spiro atoms. The third kappa shape index (κ3) is 2.49. The van der Waals surface area contributed by atoms with E-state index < -0.39 is 31.4 Å². The highest BCUT2D eigenvalue weighted by atomic mass is 35.7. The lowest BCUT2D eigenvalue weighted by Crippen LogP contribution is -2.11. The SMILES string of the molecule is Fc1ccc(F)c(S(F)(F)(F)(F)Cl)c1F. The first-order chi connectivity index (χ1) is 6.33. The smallest absolute Gasteiger partial charge is 0.205 e. The van der Waals surface area contributed by atoms with Crippen molar-refractivity contribution in [2.75, 3.05) is 0 Å². The molecule has 15 heavy (non-hydrogen) atoms. The fourth-order valence-electron chi connectivity index (χ4n) is 0.862. The van der Waals surface area contributed by atoms with Crippen molar-refractivity contribution in [1.82, 2.24) is 0 Å². The van der Waals surface area contributed by atoms with Crippen molar-refractivity contribution in [2.45, 2.75) is 4.90 Å². The van der Waals surface area contributed by atoms with E-state index in [1.54, 1.807) is 0 Å². The van der Waals surface area contributed by atoms with Gasteiger partial charge in [0.25, 0.3) is 9.05 Å². The van der Waals surface area contributed by atoms with Crippen LogP contribution < -0.4 is 0 Å². The number of hydrogen-bond donors (Lipinski definition) is 0. The van der Waals surface area contributed by atoms with Crippen LogP contribution in [-0.2, 0) is 0 Å². The van der Waals surface area contributed by atoms with Crippen LogP contribution in [0.4, 0.5) is 28.7 Å². The van der Waals surface area contributed by atoms with Crippen LogP contribution >= 0.6 is 19.7 Å². The van der Waals surface area contributed by atoms with Gasteiger partial charge in [-0.1, -0.05) is 0 Å². The fraction of sp³-hybridized carbons (Fsp3) is 0. The van der Waals surface area contributed by atoms with Gasteiger partial charge in [0.2, 0.25) is 0 Å². The molecule has 0 aliphatic carbocycles. The van der Waals surface area contributed by atoms with E-state index in [1.807, 2.05) is 0 Å². The predicted molar refractivity (Wildman–Crippen MR) is 42.5 cm³/mol. The quantitative estimate of drug-likeness (QED) is 0.498. The molecule has 0 N–H and O–H groups in total. The number of rotatable bonds is 1. The van der Waals surface area contributed by atoms with E-state index in [9.17, 15) is 28.7 Å². The monoisotopic (exact) mass is 274 g/mol. The second-order valence-corrected chi connectivity index (χ2v) is 6.85. The van der Waals surface area contributed by atoms with E-state index in [1.165, 1.54) is 0 Å². The van der Waals surface area contributed by atoms with E-state index in [4.69, 9.17) is 0 Å². The summed E-state index contributed by atoms with van der Waals surface area (Å²) in [5.41, 5.74) is 0. The Labute approximate surface area is 83.6 Å². The van der Waals surface area contributed by atoms with Gasteiger partial charge in [0.05, 0.1) is 0 Å². The molecule has 0 nitrogen and oxygen atoms in total. The molecule has 0 aliphatic rings. The summed E-state index contributed by atoms with van der Waals surface area (Å²) in [5, 5.41) is 0. The van der Waals surface area contributed by atoms with E-state index >= 15 is 0 Å². The van der Waals surface area contributed by atoms with Crippen molar-refractivity contribution in [1.29, 1.82) is 0 Å². The summed E-state index contributed by atoms with van der Waals surface area (Å²) in [6.07, 6.45) is 0. The molecule has 0 atom stereocenters. The van der Waals surface area contributed by atoms with Crippen molar-refractivity contribution >= 4 is 19.7 Å². The first-order valence-electron chi connectivity index (χ1n) is 3.20. The van der Waals surface area contributed by atoms with Crippen LogP contribution in [0.5, 0.6) is 0 Å². The molecule has 0 heterocycles. The first kappa shape index (κ1) is 12.4. The largest absolute Gasteiger partial charge is 0.259 e. The summed E-state index contributed by atoms with van der Waals surface area (Å²) in [5.74, 6) is -7.04. The molecular formula is C6H2ClF7S. The maximum absolute atomic E-state index is 12.6. The summed E-state index contributed by atoms with van der Waals surface area (Å²) >= 11 is 0. The van der Waals surface area contributed by atoms with Gasteiger partial charge in [-0.15, -0.1) is 15.5 Å². The third-order valence-electron chi connectivity index (χ3n) is 1.39. The summed E-state index contributed by atoms with van der Waals surface area (Å²) in [6.45, 7) is 0. The van der Waals surface area contributed by atoms with E-state index in [-0.39, 0.29) is 12.1 Å². The molecule has 0 amide bonds. The van der Waals surface area contributed by atoms with Gasteiger partial charge >= 0.3 is 0 Å². The van der Waals surface area contributed by atoms with Gasteiger partial charge in [0.15, 0.2) is 16.5 Å². The zero-order valence-corrected chi connectivity index (χ0v) is 8.16.